The van der Waals surface area contributed by atoms with E-state index in [-0.39, 0.29) is 11.2 Å². The fraction of sp³-hybridized carbons (Fsp3) is 0.178. The number of H-pyrrole nitrogens is 1. The zero-order chi connectivity index (χ0) is 76.2. The smallest absolute Gasteiger partial charge is 0.339 e. The van der Waals surface area contributed by atoms with Crippen LogP contribution in [0.2, 0.25) is 0 Å². The van der Waals surface area contributed by atoms with Crippen molar-refractivity contribution in [1.29, 1.82) is 0 Å². The van der Waals surface area contributed by atoms with Gasteiger partial charge in [0.05, 0.1) is 10.6 Å². The Labute approximate surface area is 643 Å². The summed E-state index contributed by atoms with van der Waals surface area (Å²) in [5, 5.41) is 5.47. The third-order valence-corrected chi connectivity index (χ3v) is 20.1. The van der Waals surface area contributed by atoms with Crippen molar-refractivity contribution in [3.63, 3.8) is 0 Å². The van der Waals surface area contributed by atoms with Gasteiger partial charge in [0.15, 0.2) is 0 Å². The molecule has 544 valence electrons. The normalized spacial score (nSPS) is 11.5. The maximum absolute atomic E-state index is 11.2. The minimum Gasteiger partial charge on any atom is -0.423 e. The molecular formula is C101H101N3O3S. The first kappa shape index (κ1) is 78.8. The number of pyridine rings is 2. The topological polar surface area (TPSA) is 80.9 Å². The van der Waals surface area contributed by atoms with Crippen molar-refractivity contribution in [2.24, 2.45) is 7.05 Å². The number of hydrogen-bond acceptors (Lipinski definition) is 5. The van der Waals surface area contributed by atoms with Gasteiger partial charge in [0.25, 0.3) is 5.56 Å². The largest absolute Gasteiger partial charge is 0.423 e. The maximum atomic E-state index is 11.2. The van der Waals surface area contributed by atoms with Crippen molar-refractivity contribution in [3.05, 3.63) is 420 Å². The number of aromatic nitrogens is 3. The number of nitrogens with one attached hydrogen (secondary N) is 1. The van der Waals surface area contributed by atoms with Gasteiger partial charge >= 0.3 is 5.63 Å². The molecule has 2 aliphatic rings. The van der Waals surface area contributed by atoms with E-state index in [1.165, 1.54) is 137 Å². The molecule has 0 radical (unpaired) electrons. The summed E-state index contributed by atoms with van der Waals surface area (Å²) in [6.45, 7) is 20.5. The van der Waals surface area contributed by atoms with Crippen molar-refractivity contribution in [3.8, 4) is 44.0 Å². The summed E-state index contributed by atoms with van der Waals surface area (Å²) < 4.78 is 7.19. The molecule has 11 aromatic carbocycles. The highest BCUT2D eigenvalue weighted by atomic mass is 32.1. The van der Waals surface area contributed by atoms with Gasteiger partial charge in [0.1, 0.15) is 5.58 Å². The molecule has 108 heavy (non-hydrogen) atoms. The number of nitrogens with zero attached hydrogens (tertiary/aromatic N) is 2. The molecule has 0 amide bonds. The second-order valence-corrected chi connectivity index (χ2v) is 29.1. The van der Waals surface area contributed by atoms with E-state index in [0.717, 1.165) is 39.9 Å². The third-order valence-electron chi connectivity index (χ3n) is 19.2. The van der Waals surface area contributed by atoms with Crippen LogP contribution in [0, 0.1) is 69.2 Å². The van der Waals surface area contributed by atoms with Gasteiger partial charge in [-0.1, -0.05) is 320 Å². The predicted molar refractivity (Wildman–Crippen MR) is 462 cm³/mol. The van der Waals surface area contributed by atoms with Gasteiger partial charge in [-0.25, -0.2) is 4.79 Å². The molecule has 18 rings (SSSR count). The Morgan fingerprint density at radius 3 is 1.49 bits per heavy atom. The summed E-state index contributed by atoms with van der Waals surface area (Å²) in [5.41, 5.74) is 28.1. The van der Waals surface area contributed by atoms with E-state index >= 15 is 0 Å². The second kappa shape index (κ2) is 40.1. The summed E-state index contributed by atoms with van der Waals surface area (Å²) in [4.78, 5) is 30.6. The SMILES string of the molecule is Cc1cc2ccccc2[nH]c1=O.Cc1cc2ccccc2oc1=O.Cc1ccc(-c2ccc(C)cc2)cc1.Cc1ccc(-c2ccccc2)cc1.Cc1ccc(-c2cccs2)nc1.Cc1ccc(C2CCCCC2)cc1.Cc1ccc2c(c1)Cc1ccccc1-2.Cc1ccccc1.Cc1cn(C)c2ccccc12. The summed E-state index contributed by atoms with van der Waals surface area (Å²) in [6, 6.07) is 107. The number of para-hydroxylation sites is 3. The summed E-state index contributed by atoms with van der Waals surface area (Å²) in [6.07, 6.45) is 12.3. The molecule has 5 heterocycles. The van der Waals surface area contributed by atoms with Crippen LogP contribution in [0.3, 0.4) is 0 Å². The predicted octanol–water partition coefficient (Wildman–Crippen LogP) is 26.8. The van der Waals surface area contributed by atoms with Gasteiger partial charge in [0, 0.05) is 52.4 Å². The second-order valence-electron chi connectivity index (χ2n) is 28.1. The Morgan fingerprint density at radius 1 is 0.407 bits per heavy atom. The van der Waals surface area contributed by atoms with Crippen LogP contribution >= 0.6 is 11.3 Å². The lowest BCUT2D eigenvalue weighted by atomic mass is 9.84. The molecule has 5 aromatic heterocycles. The lowest BCUT2D eigenvalue weighted by molar-refractivity contribution is 0.443. The number of aryl methyl sites for hydroxylation is 11. The van der Waals surface area contributed by atoms with Crippen molar-refractivity contribution in [2.45, 2.75) is 114 Å². The van der Waals surface area contributed by atoms with Gasteiger partial charge in [-0.15, -0.1) is 11.3 Å². The lowest BCUT2D eigenvalue weighted by Crippen LogP contribution is -2.08. The molecule has 1 saturated carbocycles. The average Bonchev–Trinajstić information content (AvgIpc) is 1.60. The minimum atomic E-state index is -0.256. The Kier molecular flexibility index (Phi) is 29.3. The van der Waals surface area contributed by atoms with Gasteiger partial charge < -0.3 is 14.0 Å². The van der Waals surface area contributed by atoms with Crippen LogP contribution in [-0.2, 0) is 13.5 Å². The highest BCUT2D eigenvalue weighted by Crippen LogP contribution is 2.37. The van der Waals surface area contributed by atoms with Crippen molar-refractivity contribution in [2.75, 3.05) is 0 Å². The molecule has 0 atom stereocenters. The number of thiophene rings is 1. The number of rotatable bonds is 4. The quantitative estimate of drug-likeness (QED) is 0.178. The first-order valence-corrected chi connectivity index (χ1v) is 38.4. The summed E-state index contributed by atoms with van der Waals surface area (Å²) in [5.74, 6) is 0.856. The lowest BCUT2D eigenvalue weighted by Gasteiger charge is -2.21. The fourth-order valence-corrected chi connectivity index (χ4v) is 13.7. The zero-order valence-corrected chi connectivity index (χ0v) is 65.3. The molecule has 0 aliphatic heterocycles. The molecular weight excluding hydrogens is 1340 g/mol. The molecule has 0 spiro atoms. The van der Waals surface area contributed by atoms with E-state index in [4.69, 9.17) is 4.42 Å². The van der Waals surface area contributed by atoms with Gasteiger partial charge in [-0.2, -0.15) is 0 Å². The third kappa shape index (κ3) is 23.6. The standard InChI is InChI=1S/C14H12.C14H14.C13H18.C13H12.C10H9NO.C10H9NS.C10H11N.C10H8O2.C7H8/c1-10-6-7-14-12(8-10)9-11-4-2-3-5-13(11)14;1-11-3-7-13(8-4-11)14-9-5-12(2)6-10-14;2*1-11-7-9-13(10-8-11)12-5-3-2-4-6-12;1-7-6-8-4-2-3-5-9(8)11-10(7)12;1-8-4-5-9(11-7-8)10-3-2-6-12-10;1-8-7-11(2)10-6-4-3-5-9(8)10;1-7-6-8-4-2-3-5-9(8)12-10(7)11;1-7-5-3-2-4-6-7/h2-8H,9H2,1H3;3-10H,1-2H3;7-10,12H,2-6H2,1H3;2-10H,1H3;2-6H,1H3,(H,11,12);2-7H,1H3;3-7H,1-2H3;2-6H,1H3;2-6H,1H3. The van der Waals surface area contributed by atoms with Crippen LogP contribution < -0.4 is 11.2 Å². The Hall–Kier alpha value is -11.8. The van der Waals surface area contributed by atoms with Crippen LogP contribution in [0.15, 0.2) is 341 Å². The molecule has 0 unspecified atom stereocenters. The van der Waals surface area contributed by atoms with E-state index in [0.29, 0.717) is 11.1 Å². The monoisotopic (exact) mass is 1440 g/mol. The fourth-order valence-electron chi connectivity index (χ4n) is 13.0. The molecule has 6 nitrogen and oxygen atoms in total. The van der Waals surface area contributed by atoms with Crippen molar-refractivity contribution in [1.82, 2.24) is 14.5 Å². The van der Waals surface area contributed by atoms with Crippen LogP contribution in [0.1, 0.15) is 110 Å². The van der Waals surface area contributed by atoms with E-state index in [9.17, 15) is 9.59 Å². The maximum Gasteiger partial charge on any atom is 0.339 e. The van der Waals surface area contributed by atoms with E-state index < -0.39 is 0 Å². The van der Waals surface area contributed by atoms with Crippen LogP contribution in [0.25, 0.3) is 76.7 Å². The highest BCUT2D eigenvalue weighted by molar-refractivity contribution is 7.13. The molecule has 16 aromatic rings. The highest BCUT2D eigenvalue weighted by Gasteiger charge is 2.17. The average molecular weight is 1440 g/mol. The summed E-state index contributed by atoms with van der Waals surface area (Å²) >= 11 is 1.72. The zero-order valence-electron chi connectivity index (χ0n) is 64.5. The van der Waals surface area contributed by atoms with Crippen LogP contribution in [-0.4, -0.2) is 14.5 Å². The molecule has 1 fully saturated rings. The number of fused-ring (bicyclic) bond motifs is 6. The molecule has 2 aliphatic carbocycles. The molecule has 7 heteroatoms. The number of hydrogen-bond donors (Lipinski definition) is 1. The van der Waals surface area contributed by atoms with Crippen LogP contribution in [0.4, 0.5) is 0 Å². The Morgan fingerprint density at radius 2 is 0.907 bits per heavy atom. The minimum absolute atomic E-state index is 0.00583. The van der Waals surface area contributed by atoms with E-state index in [1.54, 1.807) is 29.9 Å². The van der Waals surface area contributed by atoms with E-state index in [1.807, 2.05) is 105 Å². The molecule has 1 N–H and O–H groups in total. The summed E-state index contributed by atoms with van der Waals surface area (Å²) in [7, 11) is 2.08. The van der Waals surface area contributed by atoms with Crippen molar-refractivity contribution < 1.29 is 4.42 Å². The van der Waals surface area contributed by atoms with Crippen molar-refractivity contribution >= 4 is 44.1 Å². The van der Waals surface area contributed by atoms with Crippen LogP contribution in [0.5, 0.6) is 0 Å². The number of benzene rings is 11. The number of aromatic amines is 1. The van der Waals surface area contributed by atoms with Gasteiger partial charge in [0.2, 0.25) is 0 Å². The van der Waals surface area contributed by atoms with E-state index in [2.05, 4.69) is 300 Å². The molecule has 0 saturated heterocycles. The Balaban J connectivity index is 0.000000130. The van der Waals surface area contributed by atoms with Gasteiger partial charge in [-0.05, 0) is 209 Å². The van der Waals surface area contributed by atoms with Gasteiger partial charge in [-0.3, -0.25) is 9.78 Å². The first-order chi connectivity index (χ1) is 52.4. The first-order valence-electron chi connectivity index (χ1n) is 37.5. The Bertz CT molecular complexity index is 5350. The molecule has 0 bridgehead atoms.